The van der Waals surface area contributed by atoms with Crippen molar-refractivity contribution < 1.29 is 19.0 Å². The molecule has 0 unspecified atom stereocenters. The Bertz CT molecular complexity index is 746. The topological polar surface area (TPSA) is 56.8 Å². The molecule has 1 amide bonds. The van der Waals surface area contributed by atoms with Gasteiger partial charge in [0.15, 0.2) is 11.5 Å². The summed E-state index contributed by atoms with van der Waals surface area (Å²) in [5, 5.41) is 3.07. The lowest BCUT2D eigenvalue weighted by molar-refractivity contribution is -0.117. The number of ether oxygens (including phenoxy) is 3. The van der Waals surface area contributed by atoms with E-state index in [0.717, 1.165) is 24.0 Å². The molecule has 27 heavy (non-hydrogen) atoms. The molecule has 2 aromatic rings. The molecule has 0 aromatic heterocycles. The van der Waals surface area contributed by atoms with Crippen molar-refractivity contribution >= 4 is 12.0 Å². The number of hydrogen-bond acceptors (Lipinski definition) is 4. The van der Waals surface area contributed by atoms with Crippen LogP contribution in [0.1, 0.15) is 36.9 Å². The van der Waals surface area contributed by atoms with E-state index in [9.17, 15) is 4.79 Å². The lowest BCUT2D eigenvalue weighted by Crippen LogP contribution is -2.26. The summed E-state index contributed by atoms with van der Waals surface area (Å²) in [5.74, 6) is 1.47. The number of benzene rings is 2. The zero-order valence-electron chi connectivity index (χ0n) is 16.3. The quantitative estimate of drug-likeness (QED) is 0.666. The number of methoxy groups -OCH3 is 3. The third-order valence-corrected chi connectivity index (χ3v) is 4.21. The average Bonchev–Trinajstić information content (AvgIpc) is 2.71. The molecule has 1 N–H and O–H groups in total. The highest BCUT2D eigenvalue weighted by Gasteiger charge is 2.14. The summed E-state index contributed by atoms with van der Waals surface area (Å²) >= 11 is 0. The SMILES string of the molecule is CCC[C@H](NC(=O)/C=C/c1cc(OC)c(OC)c(OC)c1)c1ccccc1. The van der Waals surface area contributed by atoms with Gasteiger partial charge in [-0.15, -0.1) is 0 Å². The van der Waals surface area contributed by atoms with Crippen LogP contribution in [0.4, 0.5) is 0 Å². The first-order valence-electron chi connectivity index (χ1n) is 8.96. The summed E-state index contributed by atoms with van der Waals surface area (Å²) < 4.78 is 16.0. The first-order chi connectivity index (χ1) is 13.1. The van der Waals surface area contributed by atoms with E-state index in [1.165, 1.54) is 6.08 Å². The molecule has 0 radical (unpaired) electrons. The van der Waals surface area contributed by atoms with Crippen LogP contribution < -0.4 is 19.5 Å². The molecule has 0 aliphatic carbocycles. The van der Waals surface area contributed by atoms with E-state index in [-0.39, 0.29) is 11.9 Å². The smallest absolute Gasteiger partial charge is 0.244 e. The van der Waals surface area contributed by atoms with Gasteiger partial charge in [-0.05, 0) is 35.8 Å². The van der Waals surface area contributed by atoms with Crippen LogP contribution in [0.15, 0.2) is 48.5 Å². The predicted octanol–water partition coefficient (Wildman–Crippen LogP) is 4.38. The zero-order chi connectivity index (χ0) is 19.6. The average molecular weight is 369 g/mol. The van der Waals surface area contributed by atoms with Crippen molar-refractivity contribution in [1.82, 2.24) is 5.32 Å². The third-order valence-electron chi connectivity index (χ3n) is 4.21. The zero-order valence-corrected chi connectivity index (χ0v) is 16.3. The van der Waals surface area contributed by atoms with Gasteiger partial charge in [-0.2, -0.15) is 0 Å². The van der Waals surface area contributed by atoms with Crippen LogP contribution in [0.25, 0.3) is 6.08 Å². The Labute approximate surface area is 161 Å². The molecule has 2 aromatic carbocycles. The van der Waals surface area contributed by atoms with Crippen LogP contribution in [0.3, 0.4) is 0 Å². The van der Waals surface area contributed by atoms with Crippen molar-refractivity contribution in [2.45, 2.75) is 25.8 Å². The van der Waals surface area contributed by atoms with Gasteiger partial charge in [-0.1, -0.05) is 43.7 Å². The van der Waals surface area contributed by atoms with Gasteiger partial charge in [0.2, 0.25) is 11.7 Å². The number of rotatable bonds is 9. The minimum Gasteiger partial charge on any atom is -0.493 e. The summed E-state index contributed by atoms with van der Waals surface area (Å²) in [6, 6.07) is 13.6. The molecule has 0 bridgehead atoms. The van der Waals surface area contributed by atoms with E-state index in [4.69, 9.17) is 14.2 Å². The van der Waals surface area contributed by atoms with Crippen LogP contribution in [0, 0.1) is 0 Å². The van der Waals surface area contributed by atoms with Crippen molar-refractivity contribution in [2.24, 2.45) is 0 Å². The lowest BCUT2D eigenvalue weighted by atomic mass is 10.0. The van der Waals surface area contributed by atoms with E-state index in [1.807, 2.05) is 30.3 Å². The molecule has 0 aliphatic rings. The molecule has 0 spiro atoms. The van der Waals surface area contributed by atoms with Crippen LogP contribution in [0.2, 0.25) is 0 Å². The monoisotopic (exact) mass is 369 g/mol. The van der Waals surface area contributed by atoms with Crippen molar-refractivity contribution in [3.63, 3.8) is 0 Å². The van der Waals surface area contributed by atoms with Gasteiger partial charge in [0.05, 0.1) is 27.4 Å². The number of nitrogens with one attached hydrogen (secondary N) is 1. The summed E-state index contributed by atoms with van der Waals surface area (Å²) in [5.41, 5.74) is 1.89. The van der Waals surface area contributed by atoms with Gasteiger partial charge in [0.25, 0.3) is 0 Å². The minimum absolute atomic E-state index is 0.00621. The minimum atomic E-state index is -0.147. The van der Waals surface area contributed by atoms with Crippen LogP contribution in [-0.4, -0.2) is 27.2 Å². The molecule has 2 rings (SSSR count). The molecule has 0 fully saturated rings. The second kappa shape index (κ2) is 10.3. The summed E-state index contributed by atoms with van der Waals surface area (Å²) in [4.78, 5) is 12.4. The molecular formula is C22H27NO4. The van der Waals surface area contributed by atoms with Gasteiger partial charge in [0, 0.05) is 6.08 Å². The fraction of sp³-hybridized carbons (Fsp3) is 0.318. The number of hydrogen-bond donors (Lipinski definition) is 1. The standard InChI is InChI=1S/C22H27NO4/c1-5-9-18(17-10-7-6-8-11-17)23-21(24)13-12-16-14-19(25-2)22(27-4)20(15-16)26-3/h6-8,10-15,18H,5,9H2,1-4H3,(H,23,24)/b13-12+/t18-/m0/s1. The van der Waals surface area contributed by atoms with E-state index in [0.29, 0.717) is 17.2 Å². The van der Waals surface area contributed by atoms with Gasteiger partial charge >= 0.3 is 0 Å². The maximum absolute atomic E-state index is 12.4. The van der Waals surface area contributed by atoms with E-state index < -0.39 is 0 Å². The Morgan fingerprint density at radius 2 is 1.67 bits per heavy atom. The van der Waals surface area contributed by atoms with Crippen molar-refractivity contribution in [3.05, 3.63) is 59.7 Å². The highest BCUT2D eigenvalue weighted by atomic mass is 16.5. The fourth-order valence-electron chi connectivity index (χ4n) is 2.89. The first-order valence-corrected chi connectivity index (χ1v) is 8.96. The summed E-state index contributed by atoms with van der Waals surface area (Å²) in [6.07, 6.45) is 5.12. The molecule has 144 valence electrons. The van der Waals surface area contributed by atoms with E-state index in [1.54, 1.807) is 39.5 Å². The maximum Gasteiger partial charge on any atom is 0.244 e. The Morgan fingerprint density at radius 1 is 1.04 bits per heavy atom. The summed E-state index contributed by atoms with van der Waals surface area (Å²) in [7, 11) is 4.68. The Kier molecular flexibility index (Phi) is 7.74. The maximum atomic E-state index is 12.4. The van der Waals surface area contributed by atoms with Gasteiger partial charge in [0.1, 0.15) is 0 Å². The van der Waals surface area contributed by atoms with E-state index in [2.05, 4.69) is 12.2 Å². The second-order valence-corrected chi connectivity index (χ2v) is 6.05. The fourth-order valence-corrected chi connectivity index (χ4v) is 2.89. The first kappa shape index (κ1) is 20.4. The molecular weight excluding hydrogens is 342 g/mol. The van der Waals surface area contributed by atoms with Gasteiger partial charge in [-0.25, -0.2) is 0 Å². The van der Waals surface area contributed by atoms with Crippen molar-refractivity contribution in [3.8, 4) is 17.2 Å². The highest BCUT2D eigenvalue weighted by Crippen LogP contribution is 2.38. The van der Waals surface area contributed by atoms with Crippen LogP contribution >= 0.6 is 0 Å². The largest absolute Gasteiger partial charge is 0.493 e. The Hall–Kier alpha value is -2.95. The van der Waals surface area contributed by atoms with E-state index >= 15 is 0 Å². The van der Waals surface area contributed by atoms with Crippen LogP contribution in [0.5, 0.6) is 17.2 Å². The number of carbonyl (C=O) groups is 1. The molecule has 0 saturated carbocycles. The number of carbonyl (C=O) groups excluding carboxylic acids is 1. The molecule has 0 saturated heterocycles. The lowest BCUT2D eigenvalue weighted by Gasteiger charge is -2.17. The molecule has 1 atom stereocenters. The predicted molar refractivity (Wildman–Crippen MR) is 107 cm³/mol. The Balaban J connectivity index is 2.15. The molecule has 5 nitrogen and oxygen atoms in total. The van der Waals surface area contributed by atoms with Crippen LogP contribution in [-0.2, 0) is 4.79 Å². The molecule has 0 heterocycles. The molecule has 5 heteroatoms. The molecule has 0 aliphatic heterocycles. The Morgan fingerprint density at radius 3 is 2.19 bits per heavy atom. The van der Waals surface area contributed by atoms with Gasteiger partial charge < -0.3 is 19.5 Å². The normalized spacial score (nSPS) is 11.9. The number of amides is 1. The van der Waals surface area contributed by atoms with Crippen molar-refractivity contribution in [2.75, 3.05) is 21.3 Å². The second-order valence-electron chi connectivity index (χ2n) is 6.05. The third kappa shape index (κ3) is 5.51. The highest BCUT2D eigenvalue weighted by molar-refractivity contribution is 5.92. The van der Waals surface area contributed by atoms with Crippen molar-refractivity contribution in [1.29, 1.82) is 0 Å². The van der Waals surface area contributed by atoms with Gasteiger partial charge in [-0.3, -0.25) is 4.79 Å². The summed E-state index contributed by atoms with van der Waals surface area (Å²) in [6.45, 7) is 2.11.